The Kier molecular flexibility index (Phi) is 5.40. The molecule has 3 heterocycles. The molecule has 0 radical (unpaired) electrons. The summed E-state index contributed by atoms with van der Waals surface area (Å²) in [5, 5.41) is 17.9. The van der Waals surface area contributed by atoms with Crippen molar-refractivity contribution in [2.24, 2.45) is 11.8 Å². The molecule has 1 aliphatic carbocycles. The molecule has 2 N–H and O–H groups in total. The van der Waals surface area contributed by atoms with Crippen LogP contribution in [0.4, 0.5) is 13.2 Å². The number of hydrogen-bond acceptors (Lipinski definition) is 6. The predicted octanol–water partition coefficient (Wildman–Crippen LogP) is 2.31. The number of carbonyl (C=O) groups excluding carboxylic acids is 1. The van der Waals surface area contributed by atoms with Crippen LogP contribution >= 0.6 is 0 Å². The van der Waals surface area contributed by atoms with Gasteiger partial charge < -0.3 is 19.7 Å². The Bertz CT molecular complexity index is 942. The molecule has 11 heteroatoms. The van der Waals surface area contributed by atoms with Gasteiger partial charge in [-0.3, -0.25) is 4.79 Å². The average Bonchev–Trinajstić information content (AvgIpc) is 3.40. The number of aliphatic hydroxyl groups excluding tert-OH is 1. The second kappa shape index (κ2) is 7.77. The van der Waals surface area contributed by atoms with Gasteiger partial charge in [0.15, 0.2) is 5.82 Å². The number of halogens is 3. The third-order valence-corrected chi connectivity index (χ3v) is 6.44. The fourth-order valence-corrected chi connectivity index (χ4v) is 4.65. The van der Waals surface area contributed by atoms with Crippen LogP contribution in [0, 0.1) is 11.8 Å². The second-order valence-electron chi connectivity index (χ2n) is 8.37. The minimum absolute atomic E-state index is 0.0446. The molecule has 1 amide bonds. The lowest BCUT2D eigenvalue weighted by molar-refractivity contribution is -0.211. The highest BCUT2D eigenvalue weighted by Gasteiger charge is 2.56. The van der Waals surface area contributed by atoms with Crippen molar-refractivity contribution in [3.05, 3.63) is 24.2 Å². The van der Waals surface area contributed by atoms with Gasteiger partial charge in [0.25, 0.3) is 5.91 Å². The van der Waals surface area contributed by atoms with Gasteiger partial charge in [0, 0.05) is 36.3 Å². The minimum Gasteiger partial charge on any atom is -0.481 e. The van der Waals surface area contributed by atoms with Crippen molar-refractivity contribution in [1.82, 2.24) is 25.1 Å². The van der Waals surface area contributed by atoms with Crippen molar-refractivity contribution in [2.75, 3.05) is 20.2 Å². The first-order valence-electron chi connectivity index (χ1n) is 10.1. The Labute approximate surface area is 176 Å². The Balaban J connectivity index is 1.47. The number of amides is 1. The van der Waals surface area contributed by atoms with Crippen LogP contribution in [0.1, 0.15) is 32.0 Å². The number of alkyl halides is 3. The highest BCUT2D eigenvalue weighted by molar-refractivity contribution is 5.81. The number of aromatic amines is 1. The van der Waals surface area contributed by atoms with Gasteiger partial charge in [0.2, 0.25) is 12.0 Å². The maximum absolute atomic E-state index is 12.7. The first kappa shape index (κ1) is 21.5. The van der Waals surface area contributed by atoms with Gasteiger partial charge in [-0.15, -0.1) is 10.2 Å². The van der Waals surface area contributed by atoms with Crippen molar-refractivity contribution in [2.45, 2.75) is 43.9 Å². The number of piperidine rings is 1. The number of rotatable bonds is 5. The molecule has 0 bridgehead atoms. The summed E-state index contributed by atoms with van der Waals surface area (Å²) in [7, 11) is 1.54. The molecule has 0 spiro atoms. The van der Waals surface area contributed by atoms with Gasteiger partial charge in [0.1, 0.15) is 5.82 Å². The van der Waals surface area contributed by atoms with Gasteiger partial charge in [-0.1, -0.05) is 6.92 Å². The van der Waals surface area contributed by atoms with E-state index in [0.717, 1.165) is 29.1 Å². The lowest BCUT2D eigenvalue weighted by Gasteiger charge is -2.41. The number of nitrogens with one attached hydrogen (secondary N) is 1. The average molecular weight is 439 g/mol. The number of aliphatic hydroxyl groups is 1. The first-order chi connectivity index (χ1) is 14.7. The first-order valence-corrected chi connectivity index (χ1v) is 10.1. The zero-order valence-corrected chi connectivity index (χ0v) is 17.2. The number of carbonyl (C=O) groups is 1. The zero-order valence-electron chi connectivity index (χ0n) is 17.2. The number of likely N-dealkylation sites (tertiary alicyclic amines) is 1. The molecule has 4 rings (SSSR count). The van der Waals surface area contributed by atoms with Crippen molar-refractivity contribution >= 4 is 5.91 Å². The SMILES string of the molecule is COc1ccc(-c2nnc(C3([C@H]4CCN(C(=O)[C@@H](O)C(F)(F)F)C[C@H]4C)CC3)[nH]2)cn1. The molecule has 1 saturated heterocycles. The minimum atomic E-state index is -4.96. The summed E-state index contributed by atoms with van der Waals surface area (Å²) in [5.41, 5.74) is 0.549. The lowest BCUT2D eigenvalue weighted by Crippen LogP contribution is -2.52. The largest absolute Gasteiger partial charge is 0.481 e. The number of ether oxygens (including phenoxy) is 1. The van der Waals surface area contributed by atoms with Crippen LogP contribution < -0.4 is 4.74 Å². The Morgan fingerprint density at radius 3 is 2.65 bits per heavy atom. The van der Waals surface area contributed by atoms with Crippen LogP contribution in [0.25, 0.3) is 11.4 Å². The fourth-order valence-electron chi connectivity index (χ4n) is 4.65. The summed E-state index contributed by atoms with van der Waals surface area (Å²) in [6.45, 7) is 2.27. The number of nitrogens with zero attached hydrogens (tertiary/aromatic N) is 4. The highest BCUT2D eigenvalue weighted by Crippen LogP contribution is 2.57. The standard InChI is InChI=1S/C20H24F3N5O3/c1-11-10-28(17(30)15(29)20(21,22)23)8-5-13(11)19(6-7-19)18-25-16(26-27-18)12-3-4-14(31-2)24-9-12/h3-4,9,11,13,15,29H,5-8,10H2,1-2H3,(H,25,26,27)/t11-,13+,15-/m1/s1. The van der Waals surface area contributed by atoms with Gasteiger partial charge in [-0.25, -0.2) is 4.98 Å². The van der Waals surface area contributed by atoms with Crippen molar-refractivity contribution in [1.29, 1.82) is 0 Å². The number of H-pyrrole nitrogens is 1. The number of hydrogen-bond donors (Lipinski definition) is 2. The summed E-state index contributed by atoms with van der Waals surface area (Å²) >= 11 is 0. The molecular formula is C20H24F3N5O3. The summed E-state index contributed by atoms with van der Waals surface area (Å²) in [5.74, 6) is 0.658. The molecule has 2 aliphatic rings. The van der Waals surface area contributed by atoms with Crippen LogP contribution in [0.3, 0.4) is 0 Å². The predicted molar refractivity (Wildman–Crippen MR) is 103 cm³/mol. The summed E-state index contributed by atoms with van der Waals surface area (Å²) in [6.07, 6.45) is -3.95. The number of methoxy groups -OCH3 is 1. The molecule has 2 fully saturated rings. The second-order valence-corrected chi connectivity index (χ2v) is 8.37. The van der Waals surface area contributed by atoms with E-state index in [9.17, 15) is 23.1 Å². The Morgan fingerprint density at radius 1 is 1.35 bits per heavy atom. The molecular weight excluding hydrogens is 415 g/mol. The molecule has 1 saturated carbocycles. The van der Waals surface area contributed by atoms with Crippen LogP contribution in [-0.4, -0.2) is 68.6 Å². The third-order valence-electron chi connectivity index (χ3n) is 6.44. The summed E-state index contributed by atoms with van der Waals surface area (Å²) < 4.78 is 43.2. The fraction of sp³-hybridized carbons (Fsp3) is 0.600. The summed E-state index contributed by atoms with van der Waals surface area (Å²) in [6, 6.07) is 3.56. The molecule has 3 atom stereocenters. The topological polar surface area (TPSA) is 104 Å². The third kappa shape index (κ3) is 3.98. The maximum atomic E-state index is 12.7. The highest BCUT2D eigenvalue weighted by atomic mass is 19.4. The van der Waals surface area contributed by atoms with E-state index in [2.05, 4.69) is 20.2 Å². The number of pyridine rings is 1. The van der Waals surface area contributed by atoms with E-state index in [4.69, 9.17) is 4.74 Å². The van der Waals surface area contributed by atoms with E-state index in [1.807, 2.05) is 13.0 Å². The lowest BCUT2D eigenvalue weighted by atomic mass is 9.74. The van der Waals surface area contributed by atoms with E-state index in [1.165, 1.54) is 7.11 Å². The number of aromatic nitrogens is 4. The van der Waals surface area contributed by atoms with Gasteiger partial charge in [0.05, 0.1) is 7.11 Å². The molecule has 2 aromatic rings. The zero-order chi connectivity index (χ0) is 22.4. The van der Waals surface area contributed by atoms with Crippen molar-refractivity contribution in [3.63, 3.8) is 0 Å². The normalized spacial score (nSPS) is 24.0. The molecule has 8 nitrogen and oxygen atoms in total. The quantitative estimate of drug-likeness (QED) is 0.741. The van der Waals surface area contributed by atoms with E-state index in [0.29, 0.717) is 18.1 Å². The van der Waals surface area contributed by atoms with Gasteiger partial charge in [-0.05, 0) is 37.2 Å². The van der Waals surface area contributed by atoms with E-state index >= 15 is 0 Å². The van der Waals surface area contributed by atoms with E-state index in [-0.39, 0.29) is 30.3 Å². The molecule has 0 aromatic carbocycles. The van der Waals surface area contributed by atoms with E-state index < -0.39 is 18.2 Å². The van der Waals surface area contributed by atoms with E-state index in [1.54, 1.807) is 12.3 Å². The van der Waals surface area contributed by atoms with Crippen molar-refractivity contribution < 1.29 is 27.8 Å². The van der Waals surface area contributed by atoms with Gasteiger partial charge in [-0.2, -0.15) is 13.2 Å². The Hall–Kier alpha value is -2.69. The van der Waals surface area contributed by atoms with Crippen LogP contribution in [0.15, 0.2) is 18.3 Å². The maximum Gasteiger partial charge on any atom is 0.423 e. The molecule has 1 aliphatic heterocycles. The van der Waals surface area contributed by atoms with Crippen molar-refractivity contribution in [3.8, 4) is 17.3 Å². The molecule has 168 valence electrons. The van der Waals surface area contributed by atoms with Crippen LogP contribution in [0.2, 0.25) is 0 Å². The smallest absolute Gasteiger partial charge is 0.423 e. The Morgan fingerprint density at radius 2 is 2.10 bits per heavy atom. The monoisotopic (exact) mass is 439 g/mol. The van der Waals surface area contributed by atoms with Gasteiger partial charge >= 0.3 is 6.18 Å². The molecule has 2 aromatic heterocycles. The molecule has 31 heavy (non-hydrogen) atoms. The summed E-state index contributed by atoms with van der Waals surface area (Å²) in [4.78, 5) is 20.6. The molecule has 0 unspecified atom stereocenters. The van der Waals surface area contributed by atoms with Crippen LogP contribution in [-0.2, 0) is 10.2 Å². The van der Waals surface area contributed by atoms with Crippen LogP contribution in [0.5, 0.6) is 5.88 Å².